The van der Waals surface area contributed by atoms with Gasteiger partial charge in [0, 0.05) is 12.1 Å². The highest BCUT2D eigenvalue weighted by atomic mass is 79.9. The Morgan fingerprint density at radius 1 is 1.43 bits per heavy atom. The van der Waals surface area contributed by atoms with Gasteiger partial charge in [0.25, 0.3) is 0 Å². The van der Waals surface area contributed by atoms with Crippen LogP contribution in [-0.4, -0.2) is 23.4 Å². The number of methoxy groups -OCH3 is 1. The summed E-state index contributed by atoms with van der Waals surface area (Å²) in [5.74, 6) is 0.823. The first-order chi connectivity index (χ1) is 10.1. The lowest BCUT2D eigenvalue weighted by molar-refractivity contribution is 0.398. The standard InChI is InChI=1S/C14H19Br2N3OS/c1-4-6-19-13(10(20-3)8-18-19)12(17-5-2)9-7-11(15)21-14(9)16/h7-8,12,17H,4-6H2,1-3H3. The molecule has 1 N–H and O–H groups in total. The molecule has 0 bridgehead atoms. The largest absolute Gasteiger partial charge is 0.493 e. The maximum Gasteiger partial charge on any atom is 0.161 e. The molecule has 0 spiro atoms. The summed E-state index contributed by atoms with van der Waals surface area (Å²) in [5, 5.41) is 8.01. The van der Waals surface area contributed by atoms with E-state index in [0.717, 1.165) is 38.5 Å². The lowest BCUT2D eigenvalue weighted by Crippen LogP contribution is -2.25. The molecule has 116 valence electrons. The molecule has 0 saturated carbocycles. The fourth-order valence-corrected chi connectivity index (χ4v) is 5.23. The first kappa shape index (κ1) is 17.0. The summed E-state index contributed by atoms with van der Waals surface area (Å²) in [7, 11) is 1.69. The molecular formula is C14H19Br2N3OS. The molecule has 0 radical (unpaired) electrons. The van der Waals surface area contributed by atoms with Gasteiger partial charge in [-0.25, -0.2) is 0 Å². The number of aromatic nitrogens is 2. The molecule has 2 aromatic rings. The Balaban J connectivity index is 2.51. The second-order valence-electron chi connectivity index (χ2n) is 4.59. The fourth-order valence-electron chi connectivity index (χ4n) is 2.32. The molecule has 7 heteroatoms. The molecule has 0 aliphatic carbocycles. The first-order valence-electron chi connectivity index (χ1n) is 6.90. The summed E-state index contributed by atoms with van der Waals surface area (Å²) in [4.78, 5) is 0. The van der Waals surface area contributed by atoms with Crippen molar-refractivity contribution < 1.29 is 4.74 Å². The maximum atomic E-state index is 5.52. The highest BCUT2D eigenvalue weighted by Gasteiger charge is 2.25. The second-order valence-corrected chi connectivity index (χ2v) is 8.34. The van der Waals surface area contributed by atoms with E-state index in [1.807, 2.05) is 4.68 Å². The van der Waals surface area contributed by atoms with E-state index in [2.05, 4.69) is 62.2 Å². The van der Waals surface area contributed by atoms with Gasteiger partial charge in [-0.05, 0) is 50.9 Å². The summed E-state index contributed by atoms with van der Waals surface area (Å²) in [6.45, 7) is 6.00. The molecule has 2 aromatic heterocycles. The monoisotopic (exact) mass is 435 g/mol. The van der Waals surface area contributed by atoms with Gasteiger partial charge in [0.05, 0.1) is 26.9 Å². The molecule has 0 saturated heterocycles. The number of thiophene rings is 1. The maximum absolute atomic E-state index is 5.52. The molecule has 0 aromatic carbocycles. The number of nitrogens with zero attached hydrogens (tertiary/aromatic N) is 2. The van der Waals surface area contributed by atoms with Crippen LogP contribution in [0.3, 0.4) is 0 Å². The zero-order chi connectivity index (χ0) is 15.4. The number of hydrogen-bond donors (Lipinski definition) is 1. The number of ether oxygens (including phenoxy) is 1. The molecule has 0 aliphatic rings. The number of nitrogens with one attached hydrogen (secondary N) is 1. The Hall–Kier alpha value is -0.370. The van der Waals surface area contributed by atoms with Gasteiger partial charge < -0.3 is 10.1 Å². The van der Waals surface area contributed by atoms with E-state index in [4.69, 9.17) is 4.74 Å². The van der Waals surface area contributed by atoms with E-state index in [9.17, 15) is 0 Å². The predicted octanol–water partition coefficient (Wildman–Crippen LogP) is 4.59. The summed E-state index contributed by atoms with van der Waals surface area (Å²) in [6.07, 6.45) is 2.83. The van der Waals surface area contributed by atoms with E-state index in [1.165, 1.54) is 5.56 Å². The van der Waals surface area contributed by atoms with E-state index >= 15 is 0 Å². The average molecular weight is 437 g/mol. The third-order valence-electron chi connectivity index (χ3n) is 3.18. The molecule has 4 nitrogen and oxygen atoms in total. The second kappa shape index (κ2) is 7.76. The van der Waals surface area contributed by atoms with Crippen molar-refractivity contribution >= 4 is 43.2 Å². The van der Waals surface area contributed by atoms with Gasteiger partial charge in [-0.3, -0.25) is 4.68 Å². The van der Waals surface area contributed by atoms with Crippen molar-refractivity contribution in [2.24, 2.45) is 0 Å². The Bertz CT molecular complexity index is 597. The van der Waals surface area contributed by atoms with Crippen LogP contribution < -0.4 is 10.1 Å². The van der Waals surface area contributed by atoms with Crippen LogP contribution in [0.1, 0.15) is 37.6 Å². The molecular weight excluding hydrogens is 418 g/mol. The van der Waals surface area contributed by atoms with E-state index in [-0.39, 0.29) is 6.04 Å². The quantitative estimate of drug-likeness (QED) is 0.689. The van der Waals surface area contributed by atoms with Gasteiger partial charge in [0.2, 0.25) is 0 Å². The smallest absolute Gasteiger partial charge is 0.161 e. The van der Waals surface area contributed by atoms with Crippen LogP contribution in [0, 0.1) is 0 Å². The van der Waals surface area contributed by atoms with Gasteiger partial charge in [0.1, 0.15) is 5.69 Å². The van der Waals surface area contributed by atoms with E-state index in [0.29, 0.717) is 0 Å². The van der Waals surface area contributed by atoms with Crippen molar-refractivity contribution in [1.29, 1.82) is 0 Å². The van der Waals surface area contributed by atoms with Gasteiger partial charge in [-0.1, -0.05) is 13.8 Å². The Labute approximate surface area is 146 Å². The minimum atomic E-state index is 0.0518. The summed E-state index contributed by atoms with van der Waals surface area (Å²) >= 11 is 8.90. The zero-order valence-electron chi connectivity index (χ0n) is 12.3. The number of aryl methyl sites for hydroxylation is 1. The van der Waals surface area contributed by atoms with Crippen molar-refractivity contribution in [2.75, 3.05) is 13.7 Å². The van der Waals surface area contributed by atoms with Crippen LogP contribution in [0.4, 0.5) is 0 Å². The Kier molecular flexibility index (Phi) is 6.28. The lowest BCUT2D eigenvalue weighted by Gasteiger charge is -2.20. The van der Waals surface area contributed by atoms with Gasteiger partial charge in [0.15, 0.2) is 5.75 Å². The molecule has 1 atom stereocenters. The van der Waals surface area contributed by atoms with Crippen molar-refractivity contribution in [3.63, 3.8) is 0 Å². The zero-order valence-corrected chi connectivity index (χ0v) is 16.3. The highest BCUT2D eigenvalue weighted by Crippen LogP contribution is 2.40. The van der Waals surface area contributed by atoms with Crippen molar-refractivity contribution in [1.82, 2.24) is 15.1 Å². The summed E-state index contributed by atoms with van der Waals surface area (Å²) in [5.41, 5.74) is 2.28. The molecule has 0 aliphatic heterocycles. The first-order valence-corrected chi connectivity index (χ1v) is 9.30. The SMILES string of the molecule is CCCn1ncc(OC)c1C(NCC)c1cc(Br)sc1Br. The van der Waals surface area contributed by atoms with Crippen LogP contribution in [0.15, 0.2) is 19.8 Å². The molecule has 1 unspecified atom stereocenters. The van der Waals surface area contributed by atoms with Gasteiger partial charge >= 0.3 is 0 Å². The predicted molar refractivity (Wildman–Crippen MR) is 94.3 cm³/mol. The highest BCUT2D eigenvalue weighted by molar-refractivity contribution is 9.12. The molecule has 0 amide bonds. The van der Waals surface area contributed by atoms with Crippen molar-refractivity contribution in [3.05, 3.63) is 31.1 Å². The van der Waals surface area contributed by atoms with Crippen LogP contribution in [0.5, 0.6) is 5.75 Å². The van der Waals surface area contributed by atoms with Crippen molar-refractivity contribution in [3.8, 4) is 5.75 Å². The van der Waals surface area contributed by atoms with Gasteiger partial charge in [-0.2, -0.15) is 5.10 Å². The summed E-state index contributed by atoms with van der Waals surface area (Å²) in [6, 6.07) is 2.20. The molecule has 21 heavy (non-hydrogen) atoms. The third kappa shape index (κ3) is 3.70. The topological polar surface area (TPSA) is 39.1 Å². The van der Waals surface area contributed by atoms with Crippen LogP contribution in [0.25, 0.3) is 0 Å². The number of hydrogen-bond acceptors (Lipinski definition) is 4. The van der Waals surface area contributed by atoms with Crippen LogP contribution in [0.2, 0.25) is 0 Å². The van der Waals surface area contributed by atoms with E-state index in [1.54, 1.807) is 24.6 Å². The minimum absolute atomic E-state index is 0.0518. The average Bonchev–Trinajstić information content (AvgIpc) is 3.00. The minimum Gasteiger partial charge on any atom is -0.493 e. The molecule has 2 heterocycles. The van der Waals surface area contributed by atoms with Gasteiger partial charge in [-0.15, -0.1) is 11.3 Å². The van der Waals surface area contributed by atoms with Crippen LogP contribution >= 0.6 is 43.2 Å². The Morgan fingerprint density at radius 3 is 2.71 bits per heavy atom. The fraction of sp³-hybridized carbons (Fsp3) is 0.500. The summed E-state index contributed by atoms with van der Waals surface area (Å²) < 4.78 is 9.77. The molecule has 0 fully saturated rings. The van der Waals surface area contributed by atoms with Crippen LogP contribution in [-0.2, 0) is 6.54 Å². The lowest BCUT2D eigenvalue weighted by atomic mass is 10.1. The van der Waals surface area contributed by atoms with Crippen molar-refractivity contribution in [2.45, 2.75) is 32.9 Å². The molecule has 2 rings (SSSR count). The number of halogens is 2. The van der Waals surface area contributed by atoms with E-state index < -0.39 is 0 Å². The Morgan fingerprint density at radius 2 is 2.19 bits per heavy atom. The normalized spacial score (nSPS) is 12.6. The third-order valence-corrected chi connectivity index (χ3v) is 5.56. The number of rotatable bonds is 7.